The van der Waals surface area contributed by atoms with Crippen LogP contribution in [0.2, 0.25) is 0 Å². The Hall–Kier alpha value is -0.900. The van der Waals surface area contributed by atoms with Gasteiger partial charge in [0.2, 0.25) is 0 Å². The van der Waals surface area contributed by atoms with Gasteiger partial charge in [-0.3, -0.25) is 0 Å². The van der Waals surface area contributed by atoms with Crippen molar-refractivity contribution >= 4 is 0 Å². The van der Waals surface area contributed by atoms with Gasteiger partial charge in [0.05, 0.1) is 18.8 Å². The SMILES string of the molecule is OC1(Cc2ccc3c(c2)CCOC3)CNC1. The van der Waals surface area contributed by atoms with Crippen molar-refractivity contribution < 1.29 is 9.84 Å². The fourth-order valence-electron chi connectivity index (χ4n) is 2.45. The summed E-state index contributed by atoms with van der Waals surface area (Å²) in [5.41, 5.74) is 3.41. The van der Waals surface area contributed by atoms with Crippen LogP contribution < -0.4 is 5.32 Å². The Morgan fingerprint density at radius 3 is 2.94 bits per heavy atom. The second-order valence-electron chi connectivity index (χ2n) is 4.91. The standard InChI is InChI=1S/C13H17NO2/c15-13(8-14-9-13)6-10-1-2-12-7-16-4-3-11(12)5-10/h1-2,5,14-15H,3-4,6-9H2. The summed E-state index contributed by atoms with van der Waals surface area (Å²) >= 11 is 0. The van der Waals surface area contributed by atoms with Crippen LogP contribution in [-0.2, 0) is 24.2 Å². The monoisotopic (exact) mass is 219 g/mol. The van der Waals surface area contributed by atoms with Crippen molar-refractivity contribution in [3.63, 3.8) is 0 Å². The van der Waals surface area contributed by atoms with Crippen LogP contribution in [0.3, 0.4) is 0 Å². The van der Waals surface area contributed by atoms with Crippen molar-refractivity contribution in [3.8, 4) is 0 Å². The van der Waals surface area contributed by atoms with Crippen molar-refractivity contribution in [2.24, 2.45) is 0 Å². The molecule has 0 radical (unpaired) electrons. The molecule has 0 atom stereocenters. The van der Waals surface area contributed by atoms with E-state index in [1.807, 2.05) is 0 Å². The maximum atomic E-state index is 10.1. The summed E-state index contributed by atoms with van der Waals surface area (Å²) in [6.45, 7) is 2.99. The van der Waals surface area contributed by atoms with Gasteiger partial charge in [0, 0.05) is 19.5 Å². The third-order valence-electron chi connectivity index (χ3n) is 3.49. The molecular formula is C13H17NO2. The number of fused-ring (bicyclic) bond motifs is 1. The first-order valence-electron chi connectivity index (χ1n) is 5.87. The summed E-state index contributed by atoms with van der Waals surface area (Å²) in [5.74, 6) is 0. The molecule has 1 aromatic carbocycles. The molecule has 0 unspecified atom stereocenters. The molecule has 2 aliphatic rings. The van der Waals surface area contributed by atoms with Crippen LogP contribution in [0, 0.1) is 0 Å². The quantitative estimate of drug-likeness (QED) is 0.767. The second-order valence-corrected chi connectivity index (χ2v) is 4.91. The van der Waals surface area contributed by atoms with Gasteiger partial charge in [-0.25, -0.2) is 0 Å². The smallest absolute Gasteiger partial charge is 0.0935 e. The number of β-amino-alcohol motifs (C(OH)–C–C–N with tert-alkyl or cyclic N) is 1. The summed E-state index contributed by atoms with van der Waals surface area (Å²) in [6.07, 6.45) is 1.76. The normalized spacial score (nSPS) is 22.3. The molecule has 2 N–H and O–H groups in total. The Morgan fingerprint density at radius 2 is 2.19 bits per heavy atom. The average molecular weight is 219 g/mol. The minimum absolute atomic E-state index is 0.514. The van der Waals surface area contributed by atoms with E-state index in [1.165, 1.54) is 16.7 Å². The van der Waals surface area contributed by atoms with Gasteiger partial charge in [-0.15, -0.1) is 0 Å². The number of aliphatic hydroxyl groups is 1. The van der Waals surface area contributed by atoms with E-state index in [4.69, 9.17) is 4.74 Å². The maximum absolute atomic E-state index is 10.1. The molecule has 3 rings (SSSR count). The van der Waals surface area contributed by atoms with E-state index in [9.17, 15) is 5.11 Å². The predicted molar refractivity (Wildman–Crippen MR) is 61.3 cm³/mol. The molecule has 86 valence electrons. The molecule has 0 spiro atoms. The van der Waals surface area contributed by atoms with Crippen LogP contribution in [0.5, 0.6) is 0 Å². The topological polar surface area (TPSA) is 41.5 Å². The molecule has 1 fully saturated rings. The van der Waals surface area contributed by atoms with Crippen LogP contribution >= 0.6 is 0 Å². The Kier molecular flexibility index (Phi) is 2.46. The highest BCUT2D eigenvalue weighted by atomic mass is 16.5. The molecule has 2 heterocycles. The lowest BCUT2D eigenvalue weighted by molar-refractivity contribution is -0.00905. The van der Waals surface area contributed by atoms with Gasteiger partial charge in [0.15, 0.2) is 0 Å². The van der Waals surface area contributed by atoms with E-state index < -0.39 is 5.60 Å². The zero-order valence-corrected chi connectivity index (χ0v) is 9.33. The van der Waals surface area contributed by atoms with Crippen molar-refractivity contribution in [3.05, 3.63) is 34.9 Å². The van der Waals surface area contributed by atoms with Crippen molar-refractivity contribution in [2.45, 2.75) is 25.0 Å². The number of hydrogen-bond donors (Lipinski definition) is 2. The highest BCUT2D eigenvalue weighted by molar-refractivity contribution is 5.34. The molecule has 0 aromatic heterocycles. The molecule has 1 aromatic rings. The first kappa shape index (κ1) is 10.3. The van der Waals surface area contributed by atoms with Crippen LogP contribution in [0.4, 0.5) is 0 Å². The van der Waals surface area contributed by atoms with E-state index >= 15 is 0 Å². The molecule has 3 nitrogen and oxygen atoms in total. The Labute approximate surface area is 95.4 Å². The summed E-state index contributed by atoms with van der Waals surface area (Å²) < 4.78 is 5.41. The third kappa shape index (κ3) is 1.86. The van der Waals surface area contributed by atoms with Gasteiger partial charge in [-0.2, -0.15) is 0 Å². The number of ether oxygens (including phenoxy) is 1. The number of nitrogens with one attached hydrogen (secondary N) is 1. The van der Waals surface area contributed by atoms with E-state index in [0.29, 0.717) is 13.1 Å². The molecular weight excluding hydrogens is 202 g/mol. The summed E-state index contributed by atoms with van der Waals surface area (Å²) in [7, 11) is 0. The molecule has 0 aliphatic carbocycles. The molecule has 0 amide bonds. The Bertz CT molecular complexity index is 399. The first-order chi connectivity index (χ1) is 7.75. The molecule has 3 heteroatoms. The van der Waals surface area contributed by atoms with Crippen LogP contribution in [0.25, 0.3) is 0 Å². The van der Waals surface area contributed by atoms with Gasteiger partial charge >= 0.3 is 0 Å². The zero-order chi connectivity index (χ0) is 11.0. The van der Waals surface area contributed by atoms with Crippen molar-refractivity contribution in [1.82, 2.24) is 5.32 Å². The maximum Gasteiger partial charge on any atom is 0.0935 e. The number of benzene rings is 1. The third-order valence-corrected chi connectivity index (χ3v) is 3.49. The molecule has 2 aliphatic heterocycles. The number of hydrogen-bond acceptors (Lipinski definition) is 3. The van der Waals surface area contributed by atoms with Crippen molar-refractivity contribution in [2.75, 3.05) is 19.7 Å². The van der Waals surface area contributed by atoms with E-state index in [-0.39, 0.29) is 0 Å². The Balaban J connectivity index is 1.80. The predicted octanol–water partition coefficient (Wildman–Crippen LogP) is 0.636. The van der Waals surface area contributed by atoms with Gasteiger partial charge < -0.3 is 15.2 Å². The van der Waals surface area contributed by atoms with Crippen LogP contribution in [0.1, 0.15) is 16.7 Å². The Morgan fingerprint density at radius 1 is 1.31 bits per heavy atom. The summed E-state index contributed by atoms with van der Waals surface area (Å²) in [4.78, 5) is 0. The summed E-state index contributed by atoms with van der Waals surface area (Å²) in [6, 6.07) is 6.48. The van der Waals surface area contributed by atoms with E-state index in [1.54, 1.807) is 0 Å². The first-order valence-corrected chi connectivity index (χ1v) is 5.87. The van der Waals surface area contributed by atoms with Crippen LogP contribution in [-0.4, -0.2) is 30.4 Å². The molecule has 16 heavy (non-hydrogen) atoms. The van der Waals surface area contributed by atoms with Crippen molar-refractivity contribution in [1.29, 1.82) is 0 Å². The highest BCUT2D eigenvalue weighted by Crippen LogP contribution is 2.22. The largest absolute Gasteiger partial charge is 0.387 e. The second kappa shape index (κ2) is 3.84. The molecule has 1 saturated heterocycles. The molecule has 0 bridgehead atoms. The average Bonchev–Trinajstić information content (AvgIpc) is 2.27. The zero-order valence-electron chi connectivity index (χ0n) is 9.33. The lowest BCUT2D eigenvalue weighted by Crippen LogP contribution is -2.60. The molecule has 0 saturated carbocycles. The fraction of sp³-hybridized carbons (Fsp3) is 0.538. The summed E-state index contributed by atoms with van der Waals surface area (Å²) in [5, 5.41) is 13.2. The van der Waals surface area contributed by atoms with Gasteiger partial charge in [-0.1, -0.05) is 18.2 Å². The van der Waals surface area contributed by atoms with Gasteiger partial charge in [0.1, 0.15) is 0 Å². The minimum Gasteiger partial charge on any atom is -0.387 e. The highest BCUT2D eigenvalue weighted by Gasteiger charge is 2.34. The van der Waals surface area contributed by atoms with Crippen LogP contribution in [0.15, 0.2) is 18.2 Å². The van der Waals surface area contributed by atoms with E-state index in [2.05, 4.69) is 23.5 Å². The van der Waals surface area contributed by atoms with Gasteiger partial charge in [0.25, 0.3) is 0 Å². The van der Waals surface area contributed by atoms with Gasteiger partial charge in [-0.05, 0) is 23.1 Å². The number of rotatable bonds is 2. The lowest BCUT2D eigenvalue weighted by atomic mass is 9.87. The minimum atomic E-state index is -0.514. The van der Waals surface area contributed by atoms with E-state index in [0.717, 1.165) is 26.1 Å². The lowest BCUT2D eigenvalue weighted by Gasteiger charge is -2.38. The fourth-order valence-corrected chi connectivity index (χ4v) is 2.45.